The van der Waals surface area contributed by atoms with Gasteiger partial charge in [0.2, 0.25) is 11.8 Å². The molecule has 1 aliphatic carbocycles. The summed E-state index contributed by atoms with van der Waals surface area (Å²) in [6, 6.07) is 3.94. The second-order valence-electron chi connectivity index (χ2n) is 10.9. The average Bonchev–Trinajstić information content (AvgIpc) is 3.48. The number of fused-ring (bicyclic) bond motifs is 1. The highest BCUT2D eigenvalue weighted by molar-refractivity contribution is 5.99. The Kier molecular flexibility index (Phi) is 6.35. The van der Waals surface area contributed by atoms with Crippen molar-refractivity contribution in [2.45, 2.75) is 76.6 Å². The Labute approximate surface area is 200 Å². The van der Waals surface area contributed by atoms with E-state index in [0.29, 0.717) is 37.2 Å². The molecule has 34 heavy (non-hydrogen) atoms. The van der Waals surface area contributed by atoms with E-state index in [1.54, 1.807) is 24.1 Å². The third kappa shape index (κ3) is 4.89. The van der Waals surface area contributed by atoms with Crippen LogP contribution in [-0.2, 0) is 14.3 Å². The maximum Gasteiger partial charge on any atom is 0.231 e. The van der Waals surface area contributed by atoms with E-state index < -0.39 is 23.0 Å². The van der Waals surface area contributed by atoms with Crippen molar-refractivity contribution in [2.24, 2.45) is 22.6 Å². The van der Waals surface area contributed by atoms with Crippen LogP contribution in [0.3, 0.4) is 0 Å². The number of methoxy groups -OCH3 is 1. The highest BCUT2D eigenvalue weighted by Crippen LogP contribution is 2.47. The summed E-state index contributed by atoms with van der Waals surface area (Å²) in [5, 5.41) is 3.06. The molecular formula is C25H35FN4O4. The molecule has 1 aromatic carbocycles. The fraction of sp³-hybridized carbons (Fsp3) is 0.640. The van der Waals surface area contributed by atoms with E-state index in [1.807, 2.05) is 27.7 Å². The Morgan fingerprint density at radius 1 is 1.38 bits per heavy atom. The predicted molar refractivity (Wildman–Crippen MR) is 126 cm³/mol. The molecule has 2 heterocycles. The zero-order chi connectivity index (χ0) is 24.8. The van der Waals surface area contributed by atoms with Crippen LogP contribution in [0, 0.1) is 17.7 Å². The van der Waals surface area contributed by atoms with Gasteiger partial charge >= 0.3 is 0 Å². The van der Waals surface area contributed by atoms with Gasteiger partial charge in [0.1, 0.15) is 17.2 Å². The highest BCUT2D eigenvalue weighted by atomic mass is 19.1. The van der Waals surface area contributed by atoms with Gasteiger partial charge in [-0.2, -0.15) is 0 Å². The first-order valence-corrected chi connectivity index (χ1v) is 11.9. The Morgan fingerprint density at radius 3 is 2.79 bits per heavy atom. The third-order valence-electron chi connectivity index (χ3n) is 6.90. The summed E-state index contributed by atoms with van der Waals surface area (Å²) >= 11 is 0. The topological polar surface area (TPSA) is 106 Å². The van der Waals surface area contributed by atoms with Gasteiger partial charge in [-0.05, 0) is 58.6 Å². The molecule has 0 saturated heterocycles. The molecule has 0 spiro atoms. The van der Waals surface area contributed by atoms with E-state index in [9.17, 15) is 14.0 Å². The number of amides is 2. The third-order valence-corrected chi connectivity index (χ3v) is 6.90. The normalized spacial score (nSPS) is 27.8. The number of halogens is 1. The average molecular weight is 475 g/mol. The Morgan fingerprint density at radius 2 is 2.12 bits per heavy atom. The minimum Gasteiger partial charge on any atom is -0.487 e. The van der Waals surface area contributed by atoms with Crippen molar-refractivity contribution in [3.8, 4) is 5.75 Å². The first-order chi connectivity index (χ1) is 15.9. The predicted octanol–water partition coefficient (Wildman–Crippen LogP) is 2.91. The smallest absolute Gasteiger partial charge is 0.231 e. The molecule has 3 N–H and O–H groups in total. The lowest BCUT2D eigenvalue weighted by Gasteiger charge is -2.38. The van der Waals surface area contributed by atoms with Crippen LogP contribution in [0.5, 0.6) is 5.75 Å². The van der Waals surface area contributed by atoms with Crippen molar-refractivity contribution in [1.82, 2.24) is 10.2 Å². The van der Waals surface area contributed by atoms with Gasteiger partial charge in [-0.25, -0.2) is 9.38 Å². The summed E-state index contributed by atoms with van der Waals surface area (Å²) in [5.41, 5.74) is 5.51. The van der Waals surface area contributed by atoms with Crippen LogP contribution < -0.4 is 15.8 Å². The lowest BCUT2D eigenvalue weighted by atomic mass is 9.89. The van der Waals surface area contributed by atoms with Crippen LogP contribution in [0.15, 0.2) is 23.2 Å². The number of benzene rings is 1. The Balaban J connectivity index is 1.51. The van der Waals surface area contributed by atoms with Crippen molar-refractivity contribution in [2.75, 3.05) is 13.7 Å². The van der Waals surface area contributed by atoms with Gasteiger partial charge < -0.3 is 20.5 Å². The standard InChI is InChI=1S/C25H35FN4O4/c1-24(2)13-20(31)30(23(27)29-24)18(9-10-33-5)14-11-15(14)22(32)28-17-12-25(3,4)34-19-8-6-7-16(26)21(17)19/h6-8,14-15,17-18H,9-13H2,1-5H3,(H2,27,29)(H,28,32)/t14?,15-,17-,18-/m1/s1. The number of nitrogens with one attached hydrogen (secondary N) is 1. The van der Waals surface area contributed by atoms with E-state index in [1.165, 1.54) is 6.07 Å². The van der Waals surface area contributed by atoms with E-state index in [0.717, 1.165) is 0 Å². The molecule has 0 bridgehead atoms. The zero-order valence-electron chi connectivity index (χ0n) is 20.6. The molecule has 4 atom stereocenters. The molecule has 2 aliphatic heterocycles. The molecule has 1 fully saturated rings. The number of carbonyl (C=O) groups is 2. The summed E-state index contributed by atoms with van der Waals surface area (Å²) in [7, 11) is 1.60. The van der Waals surface area contributed by atoms with Crippen molar-refractivity contribution in [3.05, 3.63) is 29.6 Å². The van der Waals surface area contributed by atoms with Crippen molar-refractivity contribution in [3.63, 3.8) is 0 Å². The van der Waals surface area contributed by atoms with Crippen molar-refractivity contribution < 1.29 is 23.5 Å². The molecule has 0 aromatic heterocycles. The SMILES string of the molecule is COCC[C@H](C1C[C@H]1C(=O)N[C@@H]1CC(C)(C)Oc2cccc(F)c21)N1C(=O)CC(C)(C)N=C1N. The summed E-state index contributed by atoms with van der Waals surface area (Å²) in [4.78, 5) is 32.3. The Bertz CT molecular complexity index is 1010. The number of rotatable bonds is 7. The molecule has 2 amide bonds. The quantitative estimate of drug-likeness (QED) is 0.632. The zero-order valence-corrected chi connectivity index (χ0v) is 20.6. The number of ether oxygens (including phenoxy) is 2. The van der Waals surface area contributed by atoms with Crippen LogP contribution >= 0.6 is 0 Å². The van der Waals surface area contributed by atoms with Gasteiger partial charge in [0.05, 0.1) is 23.6 Å². The minimum absolute atomic E-state index is 0.0676. The van der Waals surface area contributed by atoms with E-state index in [4.69, 9.17) is 15.2 Å². The summed E-state index contributed by atoms with van der Waals surface area (Å²) in [6.45, 7) is 8.03. The number of nitrogens with two attached hydrogens (primary N) is 1. The van der Waals surface area contributed by atoms with Crippen LogP contribution in [-0.4, -0.2) is 53.6 Å². The number of aliphatic imine (C=N–C) groups is 1. The van der Waals surface area contributed by atoms with Crippen LogP contribution in [0.1, 0.15) is 65.0 Å². The van der Waals surface area contributed by atoms with E-state index >= 15 is 0 Å². The van der Waals surface area contributed by atoms with Gasteiger partial charge in [-0.15, -0.1) is 0 Å². The first kappa shape index (κ1) is 24.4. The molecule has 8 nitrogen and oxygen atoms in total. The number of guanidine groups is 1. The summed E-state index contributed by atoms with van der Waals surface area (Å²) in [6.07, 6.45) is 1.89. The molecule has 1 saturated carbocycles. The molecule has 4 rings (SSSR count). The van der Waals surface area contributed by atoms with Gasteiger partial charge in [-0.1, -0.05) is 6.07 Å². The maximum absolute atomic E-state index is 14.7. The minimum atomic E-state index is -0.545. The second kappa shape index (κ2) is 8.83. The number of hydrogen-bond acceptors (Lipinski definition) is 6. The summed E-state index contributed by atoms with van der Waals surface area (Å²) in [5.74, 6) is -0.348. The van der Waals surface area contributed by atoms with Gasteiger partial charge in [0.25, 0.3) is 0 Å². The molecule has 1 aromatic rings. The molecule has 3 aliphatic rings. The molecule has 186 valence electrons. The number of carbonyl (C=O) groups excluding carboxylic acids is 2. The first-order valence-electron chi connectivity index (χ1n) is 11.9. The van der Waals surface area contributed by atoms with Gasteiger partial charge in [0.15, 0.2) is 5.96 Å². The molecule has 9 heteroatoms. The lowest BCUT2D eigenvalue weighted by Crippen LogP contribution is -2.55. The molecule has 0 radical (unpaired) electrons. The van der Waals surface area contributed by atoms with Crippen molar-refractivity contribution in [1.29, 1.82) is 0 Å². The monoisotopic (exact) mass is 474 g/mol. The molecular weight excluding hydrogens is 439 g/mol. The highest BCUT2D eigenvalue weighted by Gasteiger charge is 2.52. The number of hydrogen-bond donors (Lipinski definition) is 2. The number of nitrogens with zero attached hydrogens (tertiary/aromatic N) is 2. The fourth-order valence-corrected chi connectivity index (χ4v) is 5.34. The van der Waals surface area contributed by atoms with Crippen LogP contribution in [0.4, 0.5) is 4.39 Å². The largest absolute Gasteiger partial charge is 0.487 e. The van der Waals surface area contributed by atoms with Gasteiger partial charge in [0, 0.05) is 32.1 Å². The lowest BCUT2D eigenvalue weighted by molar-refractivity contribution is -0.132. The van der Waals surface area contributed by atoms with Gasteiger partial charge in [-0.3, -0.25) is 14.5 Å². The van der Waals surface area contributed by atoms with E-state index in [2.05, 4.69) is 10.3 Å². The second-order valence-corrected chi connectivity index (χ2v) is 10.9. The fourth-order valence-electron chi connectivity index (χ4n) is 5.34. The summed E-state index contributed by atoms with van der Waals surface area (Å²) < 4.78 is 25.9. The van der Waals surface area contributed by atoms with Crippen LogP contribution in [0.2, 0.25) is 0 Å². The Hall–Kier alpha value is -2.68. The maximum atomic E-state index is 14.7. The van der Waals surface area contributed by atoms with E-state index in [-0.39, 0.29) is 42.1 Å². The molecule has 1 unspecified atom stereocenters. The van der Waals surface area contributed by atoms with Crippen LogP contribution in [0.25, 0.3) is 0 Å². The van der Waals surface area contributed by atoms with Crippen molar-refractivity contribution >= 4 is 17.8 Å².